The molecule has 0 aromatic heterocycles. The Bertz CT molecular complexity index is 357. The predicted molar refractivity (Wildman–Crippen MR) is 74.5 cm³/mol. The number of sulfone groups is 1. The first-order chi connectivity index (χ1) is 8.48. The Morgan fingerprint density at radius 2 is 1.83 bits per heavy atom. The highest BCUT2D eigenvalue weighted by Gasteiger charge is 2.35. The van der Waals surface area contributed by atoms with Gasteiger partial charge in [0.2, 0.25) is 0 Å². The van der Waals surface area contributed by atoms with Crippen molar-refractivity contribution < 1.29 is 8.42 Å². The number of fused-ring (bicyclic) bond motifs is 2. The summed E-state index contributed by atoms with van der Waals surface area (Å²) in [7, 11) is -2.81. The molecule has 18 heavy (non-hydrogen) atoms. The maximum atomic E-state index is 11.2. The van der Waals surface area contributed by atoms with Crippen LogP contribution in [-0.2, 0) is 9.84 Å². The smallest absolute Gasteiger partial charge is 0.147 e. The zero-order valence-corrected chi connectivity index (χ0v) is 12.4. The highest BCUT2D eigenvalue weighted by molar-refractivity contribution is 7.90. The maximum Gasteiger partial charge on any atom is 0.147 e. The number of hydrogen-bond donors (Lipinski definition) is 1. The summed E-state index contributed by atoms with van der Waals surface area (Å²) >= 11 is 0. The first-order valence-corrected chi connectivity index (χ1v) is 9.22. The van der Waals surface area contributed by atoms with E-state index in [1.807, 2.05) is 0 Å². The van der Waals surface area contributed by atoms with Crippen molar-refractivity contribution in [3.8, 4) is 0 Å². The van der Waals surface area contributed by atoms with Gasteiger partial charge < -0.3 is 10.2 Å². The third-order valence-electron chi connectivity index (χ3n) is 4.33. The van der Waals surface area contributed by atoms with Crippen LogP contribution in [0.1, 0.15) is 39.0 Å². The number of nitrogens with one attached hydrogen (secondary N) is 1. The molecule has 0 saturated carbocycles. The monoisotopic (exact) mass is 274 g/mol. The van der Waals surface area contributed by atoms with Gasteiger partial charge in [-0.15, -0.1) is 0 Å². The second-order valence-corrected chi connectivity index (χ2v) is 8.13. The molecule has 0 amide bonds. The van der Waals surface area contributed by atoms with Crippen LogP contribution >= 0.6 is 0 Å². The third-order valence-corrected chi connectivity index (χ3v) is 5.36. The summed E-state index contributed by atoms with van der Waals surface area (Å²) in [6.07, 6.45) is 7.22. The van der Waals surface area contributed by atoms with Crippen molar-refractivity contribution in [1.29, 1.82) is 0 Å². The van der Waals surface area contributed by atoms with Crippen molar-refractivity contribution in [1.82, 2.24) is 10.2 Å². The van der Waals surface area contributed by atoms with Crippen LogP contribution in [0.4, 0.5) is 0 Å². The molecule has 0 radical (unpaired) electrons. The molecule has 0 aliphatic carbocycles. The average molecular weight is 274 g/mol. The van der Waals surface area contributed by atoms with Crippen molar-refractivity contribution >= 4 is 9.84 Å². The summed E-state index contributed by atoms with van der Waals surface area (Å²) in [6, 6.07) is 2.07. The van der Waals surface area contributed by atoms with Crippen LogP contribution in [0, 0.1) is 0 Å². The number of nitrogens with zero attached hydrogens (tertiary/aromatic N) is 1. The molecule has 5 heteroatoms. The van der Waals surface area contributed by atoms with Crippen LogP contribution in [0.3, 0.4) is 0 Å². The molecule has 2 bridgehead atoms. The second-order valence-electron chi connectivity index (χ2n) is 5.88. The lowest BCUT2D eigenvalue weighted by atomic mass is 9.98. The lowest BCUT2D eigenvalue weighted by molar-refractivity contribution is 0.148. The molecule has 0 aromatic carbocycles. The van der Waals surface area contributed by atoms with Crippen molar-refractivity contribution in [3.63, 3.8) is 0 Å². The molecule has 2 aliphatic rings. The largest absolute Gasteiger partial charge is 0.311 e. The predicted octanol–water partition coefficient (Wildman–Crippen LogP) is 1.03. The first-order valence-electron chi connectivity index (χ1n) is 7.15. The van der Waals surface area contributed by atoms with Crippen molar-refractivity contribution in [2.75, 3.05) is 25.1 Å². The van der Waals surface area contributed by atoms with Gasteiger partial charge in [0.05, 0.1) is 5.75 Å². The van der Waals surface area contributed by atoms with Gasteiger partial charge in [0, 0.05) is 24.4 Å². The molecule has 2 unspecified atom stereocenters. The zero-order chi connectivity index (χ0) is 13.2. The maximum absolute atomic E-state index is 11.2. The lowest BCUT2D eigenvalue weighted by Crippen LogP contribution is -2.48. The van der Waals surface area contributed by atoms with E-state index in [2.05, 4.69) is 17.1 Å². The molecule has 2 heterocycles. The van der Waals surface area contributed by atoms with Crippen molar-refractivity contribution in [3.05, 3.63) is 0 Å². The van der Waals surface area contributed by atoms with Crippen molar-refractivity contribution in [2.45, 2.75) is 57.2 Å². The summed E-state index contributed by atoms with van der Waals surface area (Å²) in [6.45, 7) is 4.14. The van der Waals surface area contributed by atoms with Gasteiger partial charge >= 0.3 is 0 Å². The van der Waals surface area contributed by atoms with Gasteiger partial charge in [0.1, 0.15) is 9.84 Å². The minimum Gasteiger partial charge on any atom is -0.311 e. The molecule has 1 N–H and O–H groups in total. The van der Waals surface area contributed by atoms with E-state index in [1.165, 1.54) is 31.9 Å². The molecular weight excluding hydrogens is 248 g/mol. The van der Waals surface area contributed by atoms with E-state index in [9.17, 15) is 8.42 Å². The molecule has 2 atom stereocenters. The Morgan fingerprint density at radius 3 is 2.33 bits per heavy atom. The minimum absolute atomic E-state index is 0.321. The standard InChI is InChI=1S/C13H26N2O2S/c1-3-15(7-4-8-18(2,16)17)13-9-11-5-6-12(10-13)14-11/h11-14H,3-10H2,1-2H3. The SMILES string of the molecule is CCN(CCCS(C)(=O)=O)C1CC2CCC(C1)N2. The molecule has 4 nitrogen and oxygen atoms in total. The average Bonchev–Trinajstić information content (AvgIpc) is 2.62. The minimum atomic E-state index is -2.81. The molecule has 2 aliphatic heterocycles. The van der Waals surface area contributed by atoms with Crippen LogP contribution in [-0.4, -0.2) is 56.5 Å². The van der Waals surface area contributed by atoms with E-state index in [0.717, 1.165) is 19.5 Å². The normalized spacial score (nSPS) is 32.1. The van der Waals surface area contributed by atoms with E-state index in [0.29, 0.717) is 23.9 Å². The Kier molecular flexibility index (Phi) is 4.67. The fourth-order valence-corrected chi connectivity index (χ4v) is 4.11. The Balaban J connectivity index is 1.81. The fraction of sp³-hybridized carbons (Fsp3) is 1.00. The Hall–Kier alpha value is -0.130. The fourth-order valence-electron chi connectivity index (χ4n) is 3.45. The molecule has 106 valence electrons. The Morgan fingerprint density at radius 1 is 1.22 bits per heavy atom. The van der Waals surface area contributed by atoms with Crippen LogP contribution in [0.2, 0.25) is 0 Å². The summed E-state index contributed by atoms with van der Waals surface area (Å²) in [5, 5.41) is 3.66. The van der Waals surface area contributed by atoms with E-state index in [1.54, 1.807) is 0 Å². The van der Waals surface area contributed by atoms with E-state index >= 15 is 0 Å². The topological polar surface area (TPSA) is 49.4 Å². The van der Waals surface area contributed by atoms with Gasteiger partial charge in [-0.2, -0.15) is 0 Å². The highest BCUT2D eigenvalue weighted by Crippen LogP contribution is 2.29. The highest BCUT2D eigenvalue weighted by atomic mass is 32.2. The molecule has 2 rings (SSSR count). The van der Waals surface area contributed by atoms with Gasteiger partial charge in [-0.1, -0.05) is 6.92 Å². The Labute approximate surface area is 111 Å². The van der Waals surface area contributed by atoms with E-state index < -0.39 is 9.84 Å². The van der Waals surface area contributed by atoms with Gasteiger partial charge in [0.15, 0.2) is 0 Å². The number of hydrogen-bond acceptors (Lipinski definition) is 4. The number of piperidine rings is 1. The third kappa shape index (κ3) is 3.93. The summed E-state index contributed by atoms with van der Waals surface area (Å²) < 4.78 is 22.3. The second kappa shape index (κ2) is 5.88. The van der Waals surface area contributed by atoms with Crippen LogP contribution in [0.5, 0.6) is 0 Å². The summed E-state index contributed by atoms with van der Waals surface area (Å²) in [5.74, 6) is 0.321. The van der Waals surface area contributed by atoms with Gasteiger partial charge in [-0.05, 0) is 45.2 Å². The van der Waals surface area contributed by atoms with Gasteiger partial charge in [-0.25, -0.2) is 8.42 Å². The molecule has 2 fully saturated rings. The van der Waals surface area contributed by atoms with Crippen LogP contribution in [0.15, 0.2) is 0 Å². The summed E-state index contributed by atoms with van der Waals surface area (Å²) in [4.78, 5) is 2.48. The van der Waals surface area contributed by atoms with Gasteiger partial charge in [0.25, 0.3) is 0 Å². The summed E-state index contributed by atoms with van der Waals surface area (Å²) in [5.41, 5.74) is 0. The van der Waals surface area contributed by atoms with Crippen LogP contribution in [0.25, 0.3) is 0 Å². The number of rotatable bonds is 6. The van der Waals surface area contributed by atoms with E-state index in [-0.39, 0.29) is 0 Å². The molecule has 0 aromatic rings. The zero-order valence-electron chi connectivity index (χ0n) is 11.6. The van der Waals surface area contributed by atoms with Gasteiger partial charge in [-0.3, -0.25) is 0 Å². The van der Waals surface area contributed by atoms with Crippen molar-refractivity contribution in [2.24, 2.45) is 0 Å². The molecule has 0 spiro atoms. The molecule has 2 saturated heterocycles. The molecular formula is C13H26N2O2S. The quantitative estimate of drug-likeness (QED) is 0.786. The lowest BCUT2D eigenvalue weighted by Gasteiger charge is -2.37. The van der Waals surface area contributed by atoms with Crippen LogP contribution < -0.4 is 5.32 Å². The van der Waals surface area contributed by atoms with E-state index in [4.69, 9.17) is 0 Å². The first kappa shape index (κ1) is 14.3.